The number of rotatable bonds is 4. The summed E-state index contributed by atoms with van der Waals surface area (Å²) in [6.07, 6.45) is -3.18. The number of nitrogens with one attached hydrogen (secondary N) is 1. The molecule has 0 fully saturated rings. The number of carbonyl (C=O) groups is 1. The second kappa shape index (κ2) is 7.00. The van der Waals surface area contributed by atoms with Gasteiger partial charge in [-0.05, 0) is 43.3 Å². The van der Waals surface area contributed by atoms with Gasteiger partial charge in [-0.25, -0.2) is 0 Å². The van der Waals surface area contributed by atoms with E-state index in [2.05, 4.69) is 21.2 Å². The molecule has 0 aliphatic carbocycles. The molecule has 0 aliphatic rings. The fourth-order valence-electron chi connectivity index (χ4n) is 1.98. The maximum Gasteiger partial charge on any atom is 0.418 e. The fraction of sp³-hybridized carbons (Fsp3) is 0.118. The monoisotopic (exact) mass is 383 g/mol. The summed E-state index contributed by atoms with van der Waals surface area (Å²) in [5.74, 6) is -0.285. The van der Waals surface area contributed by atoms with Gasteiger partial charge in [0.25, 0.3) is 0 Å². The van der Waals surface area contributed by atoms with Crippen molar-refractivity contribution in [2.45, 2.75) is 13.1 Å². The Bertz CT molecular complexity index is 736. The topological polar surface area (TPSA) is 29.1 Å². The Morgan fingerprint density at radius 1 is 1.09 bits per heavy atom. The maximum atomic E-state index is 12.9. The van der Waals surface area contributed by atoms with Crippen molar-refractivity contribution in [3.05, 3.63) is 75.9 Å². The number of halogens is 4. The Morgan fingerprint density at radius 3 is 2.30 bits per heavy atom. The zero-order chi connectivity index (χ0) is 17.0. The predicted molar refractivity (Wildman–Crippen MR) is 87.3 cm³/mol. The second-order valence-corrected chi connectivity index (χ2v) is 5.78. The molecule has 0 saturated carbocycles. The van der Waals surface area contributed by atoms with E-state index in [4.69, 9.17) is 0 Å². The third-order valence-electron chi connectivity index (χ3n) is 3.04. The number of benzene rings is 2. The molecule has 120 valence electrons. The SMILES string of the molecule is C/C(=C\C(=O)c1ccc(Br)cc1)Nc1ccccc1C(F)(F)F. The van der Waals surface area contributed by atoms with E-state index < -0.39 is 11.7 Å². The van der Waals surface area contributed by atoms with Crippen LogP contribution in [0.5, 0.6) is 0 Å². The van der Waals surface area contributed by atoms with Crippen LogP contribution in [0.4, 0.5) is 18.9 Å². The van der Waals surface area contributed by atoms with Crippen LogP contribution in [-0.4, -0.2) is 5.78 Å². The lowest BCUT2D eigenvalue weighted by Crippen LogP contribution is -2.10. The lowest BCUT2D eigenvalue weighted by atomic mass is 10.1. The molecule has 0 heterocycles. The first-order valence-corrected chi connectivity index (χ1v) is 7.48. The molecular formula is C17H13BrF3NO. The average Bonchev–Trinajstić information content (AvgIpc) is 2.47. The van der Waals surface area contributed by atoms with Crippen LogP contribution in [0.2, 0.25) is 0 Å². The highest BCUT2D eigenvalue weighted by molar-refractivity contribution is 9.10. The third-order valence-corrected chi connectivity index (χ3v) is 3.57. The van der Waals surface area contributed by atoms with Crippen LogP contribution in [0.25, 0.3) is 0 Å². The van der Waals surface area contributed by atoms with Crippen molar-refractivity contribution < 1.29 is 18.0 Å². The Labute approximate surface area is 140 Å². The van der Waals surface area contributed by atoms with Gasteiger partial charge in [-0.15, -0.1) is 0 Å². The van der Waals surface area contributed by atoms with Gasteiger partial charge in [0.05, 0.1) is 11.3 Å². The Hall–Kier alpha value is -2.08. The molecule has 0 unspecified atom stereocenters. The molecule has 0 bridgehead atoms. The zero-order valence-corrected chi connectivity index (χ0v) is 13.7. The average molecular weight is 384 g/mol. The summed E-state index contributed by atoms with van der Waals surface area (Å²) >= 11 is 3.27. The van der Waals surface area contributed by atoms with Crippen LogP contribution >= 0.6 is 15.9 Å². The lowest BCUT2D eigenvalue weighted by Gasteiger charge is -2.14. The van der Waals surface area contributed by atoms with Crippen LogP contribution < -0.4 is 5.32 Å². The molecule has 6 heteroatoms. The van der Waals surface area contributed by atoms with E-state index in [0.717, 1.165) is 10.5 Å². The Kier molecular flexibility index (Phi) is 5.26. The van der Waals surface area contributed by atoms with Crippen molar-refractivity contribution in [3.63, 3.8) is 0 Å². The largest absolute Gasteiger partial charge is 0.418 e. The van der Waals surface area contributed by atoms with Gasteiger partial charge in [-0.1, -0.05) is 28.1 Å². The molecule has 0 radical (unpaired) electrons. The van der Waals surface area contributed by atoms with Crippen LogP contribution in [0, 0.1) is 0 Å². The van der Waals surface area contributed by atoms with E-state index in [0.29, 0.717) is 11.3 Å². The number of hydrogen-bond donors (Lipinski definition) is 1. The van der Waals surface area contributed by atoms with Crippen molar-refractivity contribution in [2.24, 2.45) is 0 Å². The Morgan fingerprint density at radius 2 is 1.70 bits per heavy atom. The summed E-state index contributed by atoms with van der Waals surface area (Å²) in [7, 11) is 0. The number of alkyl halides is 3. The van der Waals surface area contributed by atoms with Gasteiger partial charge in [-0.3, -0.25) is 4.79 Å². The molecule has 2 nitrogen and oxygen atoms in total. The number of hydrogen-bond acceptors (Lipinski definition) is 2. The zero-order valence-electron chi connectivity index (χ0n) is 12.1. The molecule has 0 saturated heterocycles. The van der Waals surface area contributed by atoms with E-state index in [-0.39, 0.29) is 11.5 Å². The predicted octanol–water partition coefficient (Wildman–Crippen LogP) is 5.67. The van der Waals surface area contributed by atoms with Crippen molar-refractivity contribution in [2.75, 3.05) is 5.32 Å². The summed E-state index contributed by atoms with van der Waals surface area (Å²) in [6.45, 7) is 1.55. The smallest absolute Gasteiger partial charge is 0.359 e. The number of para-hydroxylation sites is 1. The summed E-state index contributed by atoms with van der Waals surface area (Å²) in [4.78, 5) is 12.1. The van der Waals surface area contributed by atoms with E-state index in [1.54, 1.807) is 31.2 Å². The third kappa shape index (κ3) is 4.69. The van der Waals surface area contributed by atoms with E-state index in [1.165, 1.54) is 24.3 Å². The number of anilines is 1. The highest BCUT2D eigenvalue weighted by atomic mass is 79.9. The molecule has 0 spiro atoms. The first-order chi connectivity index (χ1) is 10.8. The molecule has 23 heavy (non-hydrogen) atoms. The molecule has 2 aromatic carbocycles. The van der Waals surface area contributed by atoms with E-state index in [1.807, 2.05) is 0 Å². The molecule has 1 N–H and O–H groups in total. The van der Waals surface area contributed by atoms with Gasteiger partial charge in [0.15, 0.2) is 5.78 Å². The van der Waals surface area contributed by atoms with E-state index in [9.17, 15) is 18.0 Å². The summed E-state index contributed by atoms with van der Waals surface area (Å²) in [5, 5.41) is 2.64. The maximum absolute atomic E-state index is 12.9. The first kappa shape index (κ1) is 17.3. The first-order valence-electron chi connectivity index (χ1n) is 6.69. The molecular weight excluding hydrogens is 371 g/mol. The second-order valence-electron chi connectivity index (χ2n) is 4.87. The molecule has 0 atom stereocenters. The minimum absolute atomic E-state index is 0.0858. The van der Waals surface area contributed by atoms with Crippen LogP contribution in [-0.2, 0) is 6.18 Å². The number of carbonyl (C=O) groups excluding carboxylic acids is 1. The number of allylic oxidation sites excluding steroid dienone is 2. The molecule has 0 amide bonds. The van der Waals surface area contributed by atoms with Gasteiger partial charge in [0.1, 0.15) is 0 Å². The van der Waals surface area contributed by atoms with Crippen molar-refractivity contribution in [3.8, 4) is 0 Å². The van der Waals surface area contributed by atoms with Gasteiger partial charge in [0, 0.05) is 21.8 Å². The van der Waals surface area contributed by atoms with Gasteiger partial charge in [0.2, 0.25) is 0 Å². The minimum atomic E-state index is -4.46. The quantitative estimate of drug-likeness (QED) is 0.544. The fourth-order valence-corrected chi connectivity index (χ4v) is 2.25. The van der Waals surface area contributed by atoms with Crippen LogP contribution in [0.3, 0.4) is 0 Å². The van der Waals surface area contributed by atoms with Crippen LogP contribution in [0.1, 0.15) is 22.8 Å². The highest BCUT2D eigenvalue weighted by Crippen LogP contribution is 2.35. The van der Waals surface area contributed by atoms with Crippen molar-refractivity contribution in [1.82, 2.24) is 0 Å². The normalized spacial score (nSPS) is 12.1. The van der Waals surface area contributed by atoms with Gasteiger partial charge >= 0.3 is 6.18 Å². The van der Waals surface area contributed by atoms with Gasteiger partial charge in [-0.2, -0.15) is 13.2 Å². The summed E-state index contributed by atoms with van der Waals surface area (Å²) in [6, 6.07) is 11.9. The summed E-state index contributed by atoms with van der Waals surface area (Å²) < 4.78 is 39.6. The van der Waals surface area contributed by atoms with Crippen LogP contribution in [0.15, 0.2) is 64.8 Å². The van der Waals surface area contributed by atoms with Gasteiger partial charge < -0.3 is 5.32 Å². The molecule has 2 aromatic rings. The van der Waals surface area contributed by atoms with E-state index >= 15 is 0 Å². The molecule has 0 aliphatic heterocycles. The standard InChI is InChI=1S/C17H13BrF3NO/c1-11(10-16(23)12-6-8-13(18)9-7-12)22-15-5-3-2-4-14(15)17(19,20)21/h2-10,22H,1H3/b11-10+. The lowest BCUT2D eigenvalue weighted by molar-refractivity contribution is -0.136. The molecule has 2 rings (SSSR count). The Balaban J connectivity index is 2.20. The van der Waals surface area contributed by atoms with Crippen molar-refractivity contribution >= 4 is 27.4 Å². The van der Waals surface area contributed by atoms with Crippen molar-refractivity contribution in [1.29, 1.82) is 0 Å². The highest BCUT2D eigenvalue weighted by Gasteiger charge is 2.33. The number of ketones is 1. The summed E-state index contributed by atoms with van der Waals surface area (Å²) in [5.41, 5.74) is -0.0747. The molecule has 0 aromatic heterocycles. The minimum Gasteiger partial charge on any atom is -0.359 e.